The minimum Gasteiger partial charge on any atom is -0.382 e. The Morgan fingerprint density at radius 2 is 1.96 bits per heavy atom. The molecule has 0 saturated heterocycles. The smallest absolute Gasteiger partial charge is 0.191 e. The third-order valence-electron chi connectivity index (χ3n) is 3.44. The van der Waals surface area contributed by atoms with Crippen LogP contribution in [0.5, 0.6) is 0 Å². The molecule has 7 heteroatoms. The van der Waals surface area contributed by atoms with E-state index in [1.807, 2.05) is 36.9 Å². The number of nitrogen functional groups attached to an aromatic ring is 1. The van der Waals surface area contributed by atoms with Crippen molar-refractivity contribution in [1.29, 1.82) is 0 Å². The van der Waals surface area contributed by atoms with Crippen molar-refractivity contribution in [2.75, 3.05) is 32.1 Å². The van der Waals surface area contributed by atoms with Crippen LogP contribution in [0.1, 0.15) is 5.56 Å². The summed E-state index contributed by atoms with van der Waals surface area (Å²) in [5.74, 6) is 1.36. The fraction of sp³-hybridized carbons (Fsp3) is 0.312. The first-order valence-electron chi connectivity index (χ1n) is 7.43. The first kappa shape index (κ1) is 15.8. The van der Waals surface area contributed by atoms with Crippen LogP contribution in [0.15, 0.2) is 41.8 Å². The van der Waals surface area contributed by atoms with E-state index in [0.717, 1.165) is 24.5 Å². The van der Waals surface area contributed by atoms with E-state index < -0.39 is 0 Å². The first-order valence-corrected chi connectivity index (χ1v) is 8.42. The highest BCUT2D eigenvalue weighted by molar-refractivity contribution is 7.99. The van der Waals surface area contributed by atoms with Crippen molar-refractivity contribution in [3.05, 3.63) is 42.2 Å². The molecule has 120 valence electrons. The molecule has 0 bridgehead atoms. The fourth-order valence-electron chi connectivity index (χ4n) is 2.23. The van der Waals surface area contributed by atoms with Crippen molar-refractivity contribution >= 4 is 28.7 Å². The minimum absolute atomic E-state index is 0.439. The first-order chi connectivity index (χ1) is 11.1. The van der Waals surface area contributed by atoms with E-state index in [1.165, 1.54) is 5.56 Å². The molecule has 0 aliphatic carbocycles. The maximum absolute atomic E-state index is 6.04. The molecule has 3 rings (SSSR count). The van der Waals surface area contributed by atoms with Gasteiger partial charge in [-0.15, -0.1) is 0 Å². The van der Waals surface area contributed by atoms with Crippen LogP contribution in [-0.2, 0) is 6.54 Å². The second kappa shape index (κ2) is 6.97. The van der Waals surface area contributed by atoms with Gasteiger partial charge in [0.1, 0.15) is 5.52 Å². The zero-order chi connectivity index (χ0) is 16.2. The van der Waals surface area contributed by atoms with E-state index in [9.17, 15) is 0 Å². The van der Waals surface area contributed by atoms with E-state index >= 15 is 0 Å². The third-order valence-corrected chi connectivity index (χ3v) is 4.26. The summed E-state index contributed by atoms with van der Waals surface area (Å²) in [4.78, 5) is 15.5. The monoisotopic (exact) mass is 328 g/mol. The normalized spacial score (nSPS) is 11.4. The summed E-state index contributed by atoms with van der Waals surface area (Å²) in [5, 5.41) is 0.701. The number of hydrogen-bond acceptors (Lipinski definition) is 6. The molecular formula is C16H20N6S. The lowest BCUT2D eigenvalue weighted by Crippen LogP contribution is -2.15. The summed E-state index contributed by atoms with van der Waals surface area (Å²) < 4.78 is 2.01. The standard InChI is InChI=1S/C16H20N6S/c1-21(2)8-9-23-16-19-14(17)13-15(20-16)22(11-18-13)10-12-6-4-3-5-7-12/h3-7,11H,8-10H2,1-2H3,(H2,17,19,20). The summed E-state index contributed by atoms with van der Waals surface area (Å²) in [6.45, 7) is 1.69. The number of thioether (sulfide) groups is 1. The Morgan fingerprint density at radius 1 is 1.17 bits per heavy atom. The van der Waals surface area contributed by atoms with Gasteiger partial charge in [-0.25, -0.2) is 15.0 Å². The lowest BCUT2D eigenvalue weighted by molar-refractivity contribution is 0.437. The van der Waals surface area contributed by atoms with Crippen LogP contribution in [0.3, 0.4) is 0 Å². The van der Waals surface area contributed by atoms with Crippen molar-refractivity contribution in [2.45, 2.75) is 11.7 Å². The van der Waals surface area contributed by atoms with Gasteiger partial charge in [0.15, 0.2) is 16.6 Å². The van der Waals surface area contributed by atoms with E-state index in [4.69, 9.17) is 5.73 Å². The Bertz CT molecular complexity index is 784. The molecule has 2 aromatic heterocycles. The summed E-state index contributed by atoms with van der Waals surface area (Å²) in [6.07, 6.45) is 1.77. The topological polar surface area (TPSA) is 72.9 Å². The molecule has 0 atom stereocenters. The number of benzene rings is 1. The van der Waals surface area contributed by atoms with Crippen LogP contribution in [-0.4, -0.2) is 50.8 Å². The van der Waals surface area contributed by atoms with Crippen LogP contribution in [0.25, 0.3) is 11.2 Å². The van der Waals surface area contributed by atoms with Gasteiger partial charge in [-0.05, 0) is 19.7 Å². The van der Waals surface area contributed by atoms with Gasteiger partial charge in [0, 0.05) is 12.3 Å². The molecule has 0 amide bonds. The highest BCUT2D eigenvalue weighted by Gasteiger charge is 2.12. The second-order valence-corrected chi connectivity index (χ2v) is 6.64. The Hall–Kier alpha value is -2.12. The van der Waals surface area contributed by atoms with Crippen LogP contribution >= 0.6 is 11.8 Å². The van der Waals surface area contributed by atoms with Gasteiger partial charge < -0.3 is 15.2 Å². The van der Waals surface area contributed by atoms with Gasteiger partial charge in [0.05, 0.1) is 12.9 Å². The molecule has 0 radical (unpaired) electrons. The molecule has 0 aliphatic heterocycles. The van der Waals surface area contributed by atoms with E-state index in [1.54, 1.807) is 18.1 Å². The number of anilines is 1. The number of imidazole rings is 1. The van der Waals surface area contributed by atoms with E-state index in [0.29, 0.717) is 16.5 Å². The SMILES string of the molecule is CN(C)CCSc1nc(N)c2ncn(Cc3ccccc3)c2n1. The predicted molar refractivity (Wildman–Crippen MR) is 94.6 cm³/mol. The Balaban J connectivity index is 1.86. The fourth-order valence-corrected chi connectivity index (χ4v) is 3.18. The number of hydrogen-bond donors (Lipinski definition) is 1. The number of fused-ring (bicyclic) bond motifs is 1. The largest absolute Gasteiger partial charge is 0.382 e. The summed E-state index contributed by atoms with van der Waals surface area (Å²) in [7, 11) is 4.10. The average Bonchev–Trinajstić information content (AvgIpc) is 2.92. The highest BCUT2D eigenvalue weighted by Crippen LogP contribution is 2.22. The number of nitrogens with two attached hydrogens (primary N) is 1. The van der Waals surface area contributed by atoms with Crippen molar-refractivity contribution in [2.24, 2.45) is 0 Å². The molecular weight excluding hydrogens is 308 g/mol. The molecule has 0 spiro atoms. The maximum Gasteiger partial charge on any atom is 0.191 e. The van der Waals surface area contributed by atoms with Gasteiger partial charge in [0.2, 0.25) is 0 Å². The number of rotatable bonds is 6. The predicted octanol–water partition coefficient (Wildman–Crippen LogP) is 2.11. The molecule has 0 fully saturated rings. The summed E-state index contributed by atoms with van der Waals surface area (Å²) in [6, 6.07) is 10.2. The molecule has 2 N–H and O–H groups in total. The zero-order valence-corrected chi connectivity index (χ0v) is 14.1. The van der Waals surface area contributed by atoms with Crippen molar-refractivity contribution < 1.29 is 0 Å². The summed E-state index contributed by atoms with van der Waals surface area (Å²) in [5.41, 5.74) is 8.69. The van der Waals surface area contributed by atoms with Gasteiger partial charge in [-0.2, -0.15) is 0 Å². The highest BCUT2D eigenvalue weighted by atomic mass is 32.2. The zero-order valence-electron chi connectivity index (χ0n) is 13.3. The van der Waals surface area contributed by atoms with Crippen LogP contribution in [0.2, 0.25) is 0 Å². The quantitative estimate of drug-likeness (QED) is 0.552. The number of nitrogens with zero attached hydrogens (tertiary/aromatic N) is 5. The van der Waals surface area contributed by atoms with Crippen LogP contribution in [0.4, 0.5) is 5.82 Å². The maximum atomic E-state index is 6.04. The molecule has 0 aliphatic rings. The molecule has 2 heterocycles. The van der Waals surface area contributed by atoms with E-state index in [-0.39, 0.29) is 0 Å². The Kier molecular flexibility index (Phi) is 4.78. The molecule has 23 heavy (non-hydrogen) atoms. The Labute approximate surface area is 139 Å². The molecule has 0 saturated carbocycles. The lowest BCUT2D eigenvalue weighted by atomic mass is 10.2. The lowest BCUT2D eigenvalue weighted by Gasteiger charge is -2.09. The molecule has 3 aromatic rings. The third kappa shape index (κ3) is 3.80. The molecule has 1 aromatic carbocycles. The summed E-state index contributed by atoms with van der Waals surface area (Å²) >= 11 is 1.61. The number of aromatic nitrogens is 4. The van der Waals surface area contributed by atoms with Gasteiger partial charge >= 0.3 is 0 Å². The van der Waals surface area contributed by atoms with E-state index in [2.05, 4.69) is 32.0 Å². The van der Waals surface area contributed by atoms with Crippen molar-refractivity contribution in [3.63, 3.8) is 0 Å². The van der Waals surface area contributed by atoms with Crippen LogP contribution < -0.4 is 5.73 Å². The molecule has 6 nitrogen and oxygen atoms in total. The Morgan fingerprint density at radius 3 is 2.70 bits per heavy atom. The van der Waals surface area contributed by atoms with Gasteiger partial charge in [0.25, 0.3) is 0 Å². The molecule has 0 unspecified atom stereocenters. The van der Waals surface area contributed by atoms with Crippen molar-refractivity contribution in [3.8, 4) is 0 Å². The average molecular weight is 328 g/mol. The minimum atomic E-state index is 0.439. The second-order valence-electron chi connectivity index (χ2n) is 5.57. The van der Waals surface area contributed by atoms with Gasteiger partial charge in [-0.1, -0.05) is 42.1 Å². The van der Waals surface area contributed by atoms with Gasteiger partial charge in [-0.3, -0.25) is 0 Å². The van der Waals surface area contributed by atoms with Crippen LogP contribution in [0, 0.1) is 0 Å². The van der Waals surface area contributed by atoms with Crippen molar-refractivity contribution in [1.82, 2.24) is 24.4 Å².